The van der Waals surface area contributed by atoms with Crippen molar-refractivity contribution in [2.75, 3.05) is 29.6 Å². The standard InChI is InChI=1S/C38H43FN4O5Si/c1-5-20-42-32-18-16-29(43-34(45)19-17-31(40-43)28-14-10-7-11-15-28)23-30(32)38(37(42)47)26(2)36(49(3,4)39)33(48-38)24-35(46)41(21-22-44)25-27-12-8-6-9-13-27/h5-16,18,23,26,33,36,44H,1,17,19-22,24-25H2,2-4H3/t26-,33+,36-,38+/m0/s1. The molecule has 0 bridgehead atoms. The quantitative estimate of drug-likeness (QED) is 0.153. The summed E-state index contributed by atoms with van der Waals surface area (Å²) in [5, 5.41) is 15.9. The number of ether oxygens (including phenoxy) is 1. The maximum atomic E-state index is 16.4. The van der Waals surface area contributed by atoms with Crippen LogP contribution in [0.15, 0.2) is 96.6 Å². The van der Waals surface area contributed by atoms with Gasteiger partial charge in [-0.2, -0.15) is 5.10 Å². The number of aliphatic hydroxyl groups excluding tert-OH is 1. The van der Waals surface area contributed by atoms with Crippen molar-refractivity contribution in [2.45, 2.75) is 63.1 Å². The SMILES string of the molecule is C=CCN1C(=O)[C@]2(O[C@H](CC(=O)N(CCO)Cc3ccccc3)[C@@H]([Si](C)(C)F)[C@@H]2C)c2cc(N3N=C(c4ccccc4)CCC3=O)ccc21. The molecule has 3 aliphatic heterocycles. The van der Waals surface area contributed by atoms with Gasteiger partial charge >= 0.3 is 0 Å². The summed E-state index contributed by atoms with van der Waals surface area (Å²) in [6.07, 6.45) is 1.36. The zero-order chi connectivity index (χ0) is 34.9. The van der Waals surface area contributed by atoms with Crippen molar-refractivity contribution in [1.82, 2.24) is 4.90 Å². The Morgan fingerprint density at radius 2 is 1.80 bits per heavy atom. The van der Waals surface area contributed by atoms with E-state index in [-0.39, 0.29) is 56.8 Å². The van der Waals surface area contributed by atoms with Gasteiger partial charge in [0.2, 0.25) is 20.2 Å². The van der Waals surface area contributed by atoms with E-state index in [1.807, 2.05) is 67.6 Å². The first-order chi connectivity index (χ1) is 23.5. The summed E-state index contributed by atoms with van der Waals surface area (Å²) in [7, 11) is -3.56. The van der Waals surface area contributed by atoms with E-state index in [1.165, 1.54) is 5.01 Å². The normalized spacial score (nSPS) is 23.5. The number of anilines is 2. The van der Waals surface area contributed by atoms with Crippen LogP contribution in [-0.2, 0) is 31.3 Å². The maximum absolute atomic E-state index is 16.4. The second kappa shape index (κ2) is 13.8. The molecule has 3 aliphatic rings. The fourth-order valence-electron chi connectivity index (χ4n) is 7.79. The summed E-state index contributed by atoms with van der Waals surface area (Å²) < 4.78 is 23.2. The smallest absolute Gasteiger partial charge is 0.264 e. The van der Waals surface area contributed by atoms with Crippen LogP contribution >= 0.6 is 0 Å². The number of nitrogens with zero attached hydrogens (tertiary/aromatic N) is 4. The summed E-state index contributed by atoms with van der Waals surface area (Å²) in [6, 6.07) is 24.5. The van der Waals surface area contributed by atoms with Crippen LogP contribution in [0.3, 0.4) is 0 Å². The molecule has 4 atom stereocenters. The number of carbonyl (C=O) groups is 3. The number of amides is 3. The highest BCUT2D eigenvalue weighted by Gasteiger charge is 2.67. The third kappa shape index (κ3) is 6.38. The minimum atomic E-state index is -3.56. The Morgan fingerprint density at radius 1 is 1.10 bits per heavy atom. The van der Waals surface area contributed by atoms with Crippen LogP contribution in [0.5, 0.6) is 0 Å². The Hall–Kier alpha value is -4.45. The van der Waals surface area contributed by atoms with Gasteiger partial charge in [0, 0.05) is 49.5 Å². The highest BCUT2D eigenvalue weighted by atomic mass is 28.4. The van der Waals surface area contributed by atoms with Gasteiger partial charge in [-0.15, -0.1) is 6.58 Å². The topological polar surface area (TPSA) is 103 Å². The third-order valence-electron chi connectivity index (χ3n) is 9.95. The van der Waals surface area contributed by atoms with Crippen molar-refractivity contribution in [1.29, 1.82) is 0 Å². The van der Waals surface area contributed by atoms with Gasteiger partial charge in [0.15, 0.2) is 5.60 Å². The van der Waals surface area contributed by atoms with Gasteiger partial charge in [0.1, 0.15) is 0 Å². The number of hydrogen-bond donors (Lipinski definition) is 1. The minimum absolute atomic E-state index is 0.107. The van der Waals surface area contributed by atoms with Crippen LogP contribution in [0.4, 0.5) is 15.5 Å². The lowest BCUT2D eigenvalue weighted by Gasteiger charge is -2.31. The summed E-state index contributed by atoms with van der Waals surface area (Å²) in [5.41, 5.74) is 1.89. The number of hydrogen-bond acceptors (Lipinski definition) is 6. The van der Waals surface area contributed by atoms with E-state index >= 15 is 4.11 Å². The highest BCUT2D eigenvalue weighted by Crippen LogP contribution is 2.60. The zero-order valence-corrected chi connectivity index (χ0v) is 29.2. The molecule has 49 heavy (non-hydrogen) atoms. The molecule has 0 saturated carbocycles. The van der Waals surface area contributed by atoms with Crippen LogP contribution in [-0.4, -0.2) is 67.6 Å². The molecule has 1 N–H and O–H groups in total. The minimum Gasteiger partial charge on any atom is -0.395 e. The zero-order valence-electron chi connectivity index (χ0n) is 28.2. The Balaban J connectivity index is 1.40. The predicted molar refractivity (Wildman–Crippen MR) is 190 cm³/mol. The summed E-state index contributed by atoms with van der Waals surface area (Å²) in [6.45, 7) is 9.23. The average Bonchev–Trinajstić information content (AvgIpc) is 3.51. The lowest BCUT2D eigenvalue weighted by molar-refractivity contribution is -0.149. The number of rotatable bonds is 11. The van der Waals surface area contributed by atoms with Gasteiger partial charge in [0.25, 0.3) is 5.91 Å². The van der Waals surface area contributed by atoms with Crippen molar-refractivity contribution in [3.63, 3.8) is 0 Å². The lowest BCUT2D eigenvalue weighted by atomic mass is 9.82. The second-order valence-corrected chi connectivity index (χ2v) is 17.3. The van der Waals surface area contributed by atoms with E-state index in [9.17, 15) is 19.5 Å². The molecule has 9 nitrogen and oxygen atoms in total. The van der Waals surface area contributed by atoms with Crippen LogP contribution in [0.25, 0.3) is 0 Å². The molecule has 0 aliphatic carbocycles. The average molecular weight is 683 g/mol. The van der Waals surface area contributed by atoms with E-state index < -0.39 is 31.6 Å². The van der Waals surface area contributed by atoms with Crippen LogP contribution in [0.1, 0.15) is 42.9 Å². The van der Waals surface area contributed by atoms with Crippen LogP contribution < -0.4 is 9.91 Å². The first-order valence-corrected chi connectivity index (χ1v) is 19.8. The molecular formula is C38H43FN4O5Si. The number of halogens is 1. The number of aliphatic hydroxyl groups is 1. The Kier molecular flexibility index (Phi) is 9.70. The van der Waals surface area contributed by atoms with Crippen molar-refractivity contribution in [3.8, 4) is 0 Å². The fourth-order valence-corrected chi connectivity index (χ4v) is 10.3. The largest absolute Gasteiger partial charge is 0.395 e. The molecule has 0 unspecified atom stereocenters. The molecule has 1 spiro atoms. The van der Waals surface area contributed by atoms with E-state index in [2.05, 4.69) is 6.58 Å². The highest BCUT2D eigenvalue weighted by molar-refractivity contribution is 6.72. The van der Waals surface area contributed by atoms with Gasteiger partial charge < -0.3 is 23.8 Å². The molecule has 11 heteroatoms. The lowest BCUT2D eigenvalue weighted by Crippen LogP contribution is -2.45. The van der Waals surface area contributed by atoms with Gasteiger partial charge in [-0.25, -0.2) is 5.01 Å². The van der Waals surface area contributed by atoms with Gasteiger partial charge in [-0.3, -0.25) is 14.4 Å². The van der Waals surface area contributed by atoms with Gasteiger partial charge in [-0.05, 0) is 42.4 Å². The number of fused-ring (bicyclic) bond motifs is 2. The van der Waals surface area contributed by atoms with E-state index in [0.717, 1.165) is 16.8 Å². The Labute approximate surface area is 287 Å². The molecule has 1 saturated heterocycles. The molecule has 3 heterocycles. The van der Waals surface area contributed by atoms with E-state index in [1.54, 1.807) is 47.2 Å². The molecule has 6 rings (SSSR count). The number of hydrazone groups is 1. The Morgan fingerprint density at radius 3 is 2.45 bits per heavy atom. The molecule has 0 aromatic heterocycles. The Bertz CT molecular complexity index is 1760. The van der Waals surface area contributed by atoms with Crippen LogP contribution in [0.2, 0.25) is 18.6 Å². The van der Waals surface area contributed by atoms with Crippen molar-refractivity contribution < 1.29 is 28.3 Å². The van der Waals surface area contributed by atoms with E-state index in [4.69, 9.17) is 9.84 Å². The molecule has 0 radical (unpaired) electrons. The monoisotopic (exact) mass is 682 g/mol. The predicted octanol–water partition coefficient (Wildman–Crippen LogP) is 5.94. The number of carbonyl (C=O) groups excluding carboxylic acids is 3. The molecule has 256 valence electrons. The molecular weight excluding hydrogens is 640 g/mol. The second-order valence-electron chi connectivity index (χ2n) is 13.5. The molecule has 3 aromatic rings. The first-order valence-electron chi connectivity index (χ1n) is 16.8. The number of benzene rings is 3. The molecule has 3 aromatic carbocycles. The van der Waals surface area contributed by atoms with E-state index in [0.29, 0.717) is 23.4 Å². The maximum Gasteiger partial charge on any atom is 0.264 e. The fraction of sp³-hybridized carbons (Fsp3) is 0.368. The van der Waals surface area contributed by atoms with Gasteiger partial charge in [-0.1, -0.05) is 73.7 Å². The van der Waals surface area contributed by atoms with Crippen molar-refractivity contribution in [3.05, 3.63) is 108 Å². The van der Waals surface area contributed by atoms with Gasteiger partial charge in [0.05, 0.1) is 36.2 Å². The summed E-state index contributed by atoms with van der Waals surface area (Å²) in [4.78, 5) is 44.9. The van der Waals surface area contributed by atoms with Crippen molar-refractivity contribution in [2.24, 2.45) is 11.0 Å². The third-order valence-corrected chi connectivity index (χ3v) is 12.4. The van der Waals surface area contributed by atoms with Crippen LogP contribution in [0, 0.1) is 5.92 Å². The molecule has 1 fully saturated rings. The van der Waals surface area contributed by atoms with Crippen molar-refractivity contribution >= 4 is 43.2 Å². The summed E-state index contributed by atoms with van der Waals surface area (Å²) >= 11 is 0. The summed E-state index contributed by atoms with van der Waals surface area (Å²) in [5.74, 6) is -1.45. The first kappa shape index (κ1) is 34.4. The molecule has 3 amide bonds.